The highest BCUT2D eigenvalue weighted by molar-refractivity contribution is 5.93. The highest BCUT2D eigenvalue weighted by Gasteiger charge is 2.19. The SMILES string of the molecule is CC(C(=O)Nc1cccc([N+](=O)[O-])c1)n1nc(-c2cccnc2)ccc1=O. The molecule has 3 rings (SSSR count). The van der Waals surface area contributed by atoms with Crippen LogP contribution in [0.4, 0.5) is 11.4 Å². The average Bonchev–Trinajstić information content (AvgIpc) is 2.68. The van der Waals surface area contributed by atoms with Crippen molar-refractivity contribution in [3.05, 3.63) is 81.4 Å². The number of nitrogens with one attached hydrogen (secondary N) is 1. The van der Waals surface area contributed by atoms with Gasteiger partial charge in [0.25, 0.3) is 11.2 Å². The molecule has 1 atom stereocenters. The molecule has 0 bridgehead atoms. The normalized spacial score (nSPS) is 11.6. The van der Waals surface area contributed by atoms with Crippen LogP contribution in [-0.2, 0) is 4.79 Å². The monoisotopic (exact) mass is 365 g/mol. The first kappa shape index (κ1) is 17.9. The maximum atomic E-state index is 12.5. The molecule has 1 N–H and O–H groups in total. The first-order valence-corrected chi connectivity index (χ1v) is 8.01. The van der Waals surface area contributed by atoms with Crippen LogP contribution >= 0.6 is 0 Å². The highest BCUT2D eigenvalue weighted by atomic mass is 16.6. The molecule has 0 radical (unpaired) electrons. The molecule has 0 aliphatic carbocycles. The molecule has 0 aliphatic rings. The molecule has 9 heteroatoms. The van der Waals surface area contributed by atoms with E-state index >= 15 is 0 Å². The Kier molecular flexibility index (Phi) is 5.02. The summed E-state index contributed by atoms with van der Waals surface area (Å²) in [7, 11) is 0. The zero-order chi connectivity index (χ0) is 19.4. The zero-order valence-corrected chi connectivity index (χ0v) is 14.3. The van der Waals surface area contributed by atoms with E-state index in [1.54, 1.807) is 30.6 Å². The summed E-state index contributed by atoms with van der Waals surface area (Å²) in [6.07, 6.45) is 3.22. The van der Waals surface area contributed by atoms with Gasteiger partial charge in [-0.25, -0.2) is 4.68 Å². The van der Waals surface area contributed by atoms with Crippen LogP contribution in [0.15, 0.2) is 65.7 Å². The molecule has 3 aromatic rings. The number of pyridine rings is 1. The number of nitro groups is 1. The van der Waals surface area contributed by atoms with Crippen LogP contribution in [0.5, 0.6) is 0 Å². The summed E-state index contributed by atoms with van der Waals surface area (Å²) < 4.78 is 1.06. The standard InChI is InChI=1S/C18H15N5O4/c1-12(18(25)20-14-5-2-6-15(10-14)23(26)27)22-17(24)8-7-16(21-22)13-4-3-9-19-11-13/h2-12H,1H3,(H,20,25). The van der Waals surface area contributed by atoms with Gasteiger partial charge in [-0.05, 0) is 31.2 Å². The minimum absolute atomic E-state index is 0.144. The number of carbonyl (C=O) groups is 1. The molecular formula is C18H15N5O4. The predicted octanol–water partition coefficient (Wildman–Crippen LogP) is 2.41. The van der Waals surface area contributed by atoms with Gasteiger partial charge >= 0.3 is 0 Å². The Balaban J connectivity index is 1.86. The molecule has 1 amide bonds. The highest BCUT2D eigenvalue weighted by Crippen LogP contribution is 2.19. The van der Waals surface area contributed by atoms with Gasteiger partial charge in [0.15, 0.2) is 0 Å². The molecule has 0 saturated heterocycles. The van der Waals surface area contributed by atoms with Crippen molar-refractivity contribution in [3.8, 4) is 11.3 Å². The number of rotatable bonds is 5. The summed E-state index contributed by atoms with van der Waals surface area (Å²) in [5.41, 5.74) is 0.881. The third-order valence-corrected chi connectivity index (χ3v) is 3.85. The van der Waals surface area contributed by atoms with Gasteiger partial charge in [-0.15, -0.1) is 0 Å². The number of anilines is 1. The first-order valence-electron chi connectivity index (χ1n) is 8.01. The number of non-ortho nitro benzene ring substituents is 1. The van der Waals surface area contributed by atoms with Crippen molar-refractivity contribution in [2.24, 2.45) is 0 Å². The van der Waals surface area contributed by atoms with Crippen LogP contribution in [0, 0.1) is 10.1 Å². The third kappa shape index (κ3) is 4.03. The molecule has 0 saturated carbocycles. The van der Waals surface area contributed by atoms with Crippen molar-refractivity contribution >= 4 is 17.3 Å². The van der Waals surface area contributed by atoms with E-state index in [1.807, 2.05) is 0 Å². The largest absolute Gasteiger partial charge is 0.324 e. The van der Waals surface area contributed by atoms with Crippen LogP contribution in [0.1, 0.15) is 13.0 Å². The van der Waals surface area contributed by atoms with E-state index in [9.17, 15) is 19.7 Å². The summed E-state index contributed by atoms with van der Waals surface area (Å²) in [5.74, 6) is -0.520. The van der Waals surface area contributed by atoms with Crippen LogP contribution < -0.4 is 10.9 Å². The Morgan fingerprint density at radius 1 is 1.22 bits per heavy atom. The smallest absolute Gasteiger partial charge is 0.271 e. The molecule has 1 unspecified atom stereocenters. The fourth-order valence-electron chi connectivity index (χ4n) is 2.43. The van der Waals surface area contributed by atoms with Crippen molar-refractivity contribution in [3.63, 3.8) is 0 Å². The summed E-state index contributed by atoms with van der Waals surface area (Å²) in [5, 5.41) is 17.7. The summed E-state index contributed by atoms with van der Waals surface area (Å²) >= 11 is 0. The van der Waals surface area contributed by atoms with E-state index in [0.29, 0.717) is 11.3 Å². The van der Waals surface area contributed by atoms with E-state index in [-0.39, 0.29) is 11.4 Å². The van der Waals surface area contributed by atoms with Gasteiger partial charge in [-0.3, -0.25) is 24.7 Å². The second-order valence-corrected chi connectivity index (χ2v) is 5.72. The van der Waals surface area contributed by atoms with Gasteiger partial charge in [0.1, 0.15) is 6.04 Å². The molecule has 0 aliphatic heterocycles. The summed E-state index contributed by atoms with van der Waals surface area (Å²) in [6.45, 7) is 1.52. The Morgan fingerprint density at radius 2 is 2.04 bits per heavy atom. The van der Waals surface area contributed by atoms with Gasteiger partial charge in [0.2, 0.25) is 5.91 Å². The number of nitro benzene ring substituents is 1. The molecule has 9 nitrogen and oxygen atoms in total. The molecule has 2 heterocycles. The number of hydrogen-bond donors (Lipinski definition) is 1. The van der Waals surface area contributed by atoms with Crippen LogP contribution in [-0.4, -0.2) is 25.6 Å². The first-order chi connectivity index (χ1) is 13.0. The maximum absolute atomic E-state index is 12.5. The van der Waals surface area contributed by atoms with E-state index in [1.165, 1.54) is 37.3 Å². The number of carbonyl (C=O) groups excluding carboxylic acids is 1. The number of amides is 1. The molecule has 136 valence electrons. The fraction of sp³-hybridized carbons (Fsp3) is 0.111. The number of nitrogens with zero attached hydrogens (tertiary/aromatic N) is 4. The van der Waals surface area contributed by atoms with Crippen LogP contribution in [0.3, 0.4) is 0 Å². The van der Waals surface area contributed by atoms with Gasteiger partial charge in [0, 0.05) is 41.8 Å². The number of aromatic nitrogens is 3. The van der Waals surface area contributed by atoms with E-state index in [0.717, 1.165) is 4.68 Å². The topological polar surface area (TPSA) is 120 Å². The lowest BCUT2D eigenvalue weighted by Crippen LogP contribution is -2.33. The summed E-state index contributed by atoms with van der Waals surface area (Å²) in [6, 6.07) is 11.0. The average molecular weight is 365 g/mol. The van der Waals surface area contributed by atoms with Crippen molar-refractivity contribution in [1.29, 1.82) is 0 Å². The third-order valence-electron chi connectivity index (χ3n) is 3.85. The van der Waals surface area contributed by atoms with Crippen molar-refractivity contribution in [1.82, 2.24) is 14.8 Å². The lowest BCUT2D eigenvalue weighted by atomic mass is 10.2. The Bertz CT molecular complexity index is 1050. The molecule has 27 heavy (non-hydrogen) atoms. The molecule has 0 spiro atoms. The van der Waals surface area contributed by atoms with Crippen LogP contribution in [0.25, 0.3) is 11.3 Å². The molecule has 1 aromatic carbocycles. The van der Waals surface area contributed by atoms with Gasteiger partial charge < -0.3 is 5.32 Å². The van der Waals surface area contributed by atoms with Crippen molar-refractivity contribution in [2.45, 2.75) is 13.0 Å². The van der Waals surface area contributed by atoms with Gasteiger partial charge in [-0.1, -0.05) is 6.07 Å². The molecular weight excluding hydrogens is 350 g/mol. The maximum Gasteiger partial charge on any atom is 0.271 e. The molecule has 0 fully saturated rings. The number of hydrogen-bond acceptors (Lipinski definition) is 6. The minimum Gasteiger partial charge on any atom is -0.324 e. The lowest BCUT2D eigenvalue weighted by Gasteiger charge is -2.15. The zero-order valence-electron chi connectivity index (χ0n) is 14.3. The molecule has 2 aromatic heterocycles. The lowest BCUT2D eigenvalue weighted by molar-refractivity contribution is -0.384. The Hall–Kier alpha value is -3.88. The van der Waals surface area contributed by atoms with E-state index in [2.05, 4.69) is 15.4 Å². The minimum atomic E-state index is -0.923. The Labute approximate surface area is 153 Å². The fourth-order valence-corrected chi connectivity index (χ4v) is 2.43. The predicted molar refractivity (Wildman–Crippen MR) is 98.2 cm³/mol. The Morgan fingerprint density at radius 3 is 2.74 bits per heavy atom. The number of benzene rings is 1. The van der Waals surface area contributed by atoms with Crippen LogP contribution in [0.2, 0.25) is 0 Å². The van der Waals surface area contributed by atoms with E-state index < -0.39 is 22.4 Å². The van der Waals surface area contributed by atoms with E-state index in [4.69, 9.17) is 0 Å². The second-order valence-electron chi connectivity index (χ2n) is 5.72. The van der Waals surface area contributed by atoms with Gasteiger partial charge in [0.05, 0.1) is 10.6 Å². The van der Waals surface area contributed by atoms with Gasteiger partial charge in [-0.2, -0.15) is 5.10 Å². The second kappa shape index (κ2) is 7.56. The van der Waals surface area contributed by atoms with Crippen molar-refractivity contribution in [2.75, 3.05) is 5.32 Å². The van der Waals surface area contributed by atoms with Crippen molar-refractivity contribution < 1.29 is 9.72 Å². The summed E-state index contributed by atoms with van der Waals surface area (Å²) in [4.78, 5) is 39.0. The quantitative estimate of drug-likeness (QED) is 0.547.